The number of halogens is 3. The third-order valence-corrected chi connectivity index (χ3v) is 2.67. The minimum atomic E-state index is -0.597. The van der Waals surface area contributed by atoms with Crippen LogP contribution >= 0.6 is 11.6 Å². The van der Waals surface area contributed by atoms with Gasteiger partial charge in [-0.15, -0.1) is 0 Å². The average molecular weight is 255 g/mol. The van der Waals surface area contributed by atoms with E-state index < -0.39 is 5.82 Å². The number of hydrogen-bond donors (Lipinski definition) is 0. The predicted molar refractivity (Wildman–Crippen MR) is 63.4 cm³/mol. The molecule has 0 radical (unpaired) electrons. The predicted octanol–water partition coefficient (Wildman–Crippen LogP) is 4.29. The van der Waals surface area contributed by atoms with Crippen molar-refractivity contribution in [2.45, 2.75) is 0 Å². The van der Waals surface area contributed by atoms with Crippen molar-refractivity contribution in [1.29, 1.82) is 0 Å². The summed E-state index contributed by atoms with van der Waals surface area (Å²) in [5, 5.41) is -0.0244. The van der Waals surface area contributed by atoms with Crippen LogP contribution < -0.4 is 4.74 Å². The fourth-order valence-corrected chi connectivity index (χ4v) is 1.73. The first-order valence-electron chi connectivity index (χ1n) is 4.91. The molecule has 0 aliphatic carbocycles. The Morgan fingerprint density at radius 2 is 1.65 bits per heavy atom. The van der Waals surface area contributed by atoms with Crippen LogP contribution in [0.1, 0.15) is 0 Å². The van der Waals surface area contributed by atoms with E-state index in [9.17, 15) is 8.78 Å². The van der Waals surface area contributed by atoms with E-state index in [0.29, 0.717) is 5.56 Å². The molecule has 17 heavy (non-hydrogen) atoms. The van der Waals surface area contributed by atoms with Crippen LogP contribution in [0, 0.1) is 11.6 Å². The lowest BCUT2D eigenvalue weighted by atomic mass is 10.1. The molecule has 1 nitrogen and oxygen atoms in total. The van der Waals surface area contributed by atoms with Gasteiger partial charge in [0.15, 0.2) is 11.6 Å². The number of rotatable bonds is 2. The van der Waals surface area contributed by atoms with Gasteiger partial charge in [-0.2, -0.15) is 0 Å². The summed E-state index contributed by atoms with van der Waals surface area (Å²) < 4.78 is 31.1. The summed E-state index contributed by atoms with van der Waals surface area (Å²) in [6, 6.07) is 8.86. The highest BCUT2D eigenvalue weighted by atomic mass is 35.5. The Balaban J connectivity index is 2.52. The summed E-state index contributed by atoms with van der Waals surface area (Å²) in [5.41, 5.74) is 1.42. The third-order valence-electron chi connectivity index (χ3n) is 2.39. The second kappa shape index (κ2) is 4.72. The van der Waals surface area contributed by atoms with Crippen molar-refractivity contribution in [3.8, 4) is 16.9 Å². The Kier molecular flexibility index (Phi) is 3.29. The Labute approximate surface area is 103 Å². The highest BCUT2D eigenvalue weighted by molar-refractivity contribution is 6.31. The Morgan fingerprint density at radius 1 is 1.00 bits per heavy atom. The molecule has 0 saturated carbocycles. The third kappa shape index (κ3) is 2.39. The first kappa shape index (κ1) is 11.9. The molecule has 2 aromatic carbocycles. The molecule has 2 rings (SSSR count). The molecule has 88 valence electrons. The smallest absolute Gasteiger partial charge is 0.183 e. The van der Waals surface area contributed by atoms with Gasteiger partial charge in [0, 0.05) is 0 Å². The summed E-state index contributed by atoms with van der Waals surface area (Å²) in [6.07, 6.45) is 0. The molecular weight excluding hydrogens is 246 g/mol. The molecule has 0 atom stereocenters. The van der Waals surface area contributed by atoms with Gasteiger partial charge in [-0.1, -0.05) is 23.7 Å². The molecule has 0 aromatic heterocycles. The summed E-state index contributed by atoms with van der Waals surface area (Å²) in [6.45, 7) is 0. The van der Waals surface area contributed by atoms with Crippen molar-refractivity contribution in [3.05, 3.63) is 53.1 Å². The van der Waals surface area contributed by atoms with Crippen LogP contribution in [0.3, 0.4) is 0 Å². The largest absolute Gasteiger partial charge is 0.494 e. The SMILES string of the molecule is COc1cc(-c2ccc(F)cc2)cc(Cl)c1F. The Hall–Kier alpha value is -1.61. The molecule has 0 amide bonds. The summed E-state index contributed by atoms with van der Waals surface area (Å²) >= 11 is 5.75. The Bertz CT molecular complexity index is 538. The normalized spacial score (nSPS) is 10.4. The summed E-state index contributed by atoms with van der Waals surface area (Å²) in [7, 11) is 1.36. The molecule has 0 N–H and O–H groups in total. The molecule has 4 heteroatoms. The van der Waals surface area contributed by atoms with Crippen LogP contribution in [-0.2, 0) is 0 Å². The molecule has 0 aliphatic heterocycles. The zero-order valence-electron chi connectivity index (χ0n) is 9.01. The number of hydrogen-bond acceptors (Lipinski definition) is 1. The first-order valence-corrected chi connectivity index (χ1v) is 5.28. The van der Waals surface area contributed by atoms with Crippen molar-refractivity contribution in [2.75, 3.05) is 7.11 Å². The van der Waals surface area contributed by atoms with Gasteiger partial charge in [0.05, 0.1) is 12.1 Å². The van der Waals surface area contributed by atoms with Gasteiger partial charge in [-0.05, 0) is 35.4 Å². The molecule has 0 aliphatic rings. The molecule has 0 fully saturated rings. The molecule has 2 aromatic rings. The first-order chi connectivity index (χ1) is 8.11. The van der Waals surface area contributed by atoms with Crippen molar-refractivity contribution in [3.63, 3.8) is 0 Å². The number of ether oxygens (including phenoxy) is 1. The minimum absolute atomic E-state index is 0.0244. The standard InChI is InChI=1S/C13H9ClF2O/c1-17-12-7-9(6-11(14)13(12)16)8-2-4-10(15)5-3-8/h2-7H,1H3. The van der Waals surface area contributed by atoms with Crippen molar-refractivity contribution in [1.82, 2.24) is 0 Å². The summed E-state index contributed by atoms with van der Waals surface area (Å²) in [4.78, 5) is 0. The maximum absolute atomic E-state index is 13.4. The zero-order valence-corrected chi connectivity index (χ0v) is 9.76. The van der Waals surface area contributed by atoms with Gasteiger partial charge >= 0.3 is 0 Å². The fraction of sp³-hybridized carbons (Fsp3) is 0.0769. The lowest BCUT2D eigenvalue weighted by molar-refractivity contribution is 0.387. The van der Waals surface area contributed by atoms with E-state index in [1.54, 1.807) is 12.1 Å². The second-order valence-corrected chi connectivity index (χ2v) is 3.89. The van der Waals surface area contributed by atoms with Gasteiger partial charge in [0.2, 0.25) is 0 Å². The number of methoxy groups -OCH3 is 1. The fourth-order valence-electron chi connectivity index (χ4n) is 1.52. The van der Waals surface area contributed by atoms with E-state index in [4.69, 9.17) is 16.3 Å². The van der Waals surface area contributed by atoms with E-state index in [0.717, 1.165) is 5.56 Å². The monoisotopic (exact) mass is 254 g/mol. The topological polar surface area (TPSA) is 9.23 Å². The highest BCUT2D eigenvalue weighted by Gasteiger charge is 2.10. The van der Waals surface area contributed by atoms with Crippen LogP contribution in [0.2, 0.25) is 5.02 Å². The second-order valence-electron chi connectivity index (χ2n) is 3.48. The zero-order chi connectivity index (χ0) is 12.4. The molecular formula is C13H9ClF2O. The van der Waals surface area contributed by atoms with Gasteiger partial charge in [0.1, 0.15) is 5.82 Å². The van der Waals surface area contributed by atoms with E-state index in [-0.39, 0.29) is 16.6 Å². The van der Waals surface area contributed by atoms with Gasteiger partial charge in [-0.25, -0.2) is 8.78 Å². The average Bonchev–Trinajstić information content (AvgIpc) is 2.33. The van der Waals surface area contributed by atoms with Crippen LogP contribution in [-0.4, -0.2) is 7.11 Å². The van der Waals surface area contributed by atoms with E-state index in [1.165, 1.54) is 31.4 Å². The summed E-state index contributed by atoms with van der Waals surface area (Å²) in [5.74, 6) is -0.856. The van der Waals surface area contributed by atoms with E-state index in [2.05, 4.69) is 0 Å². The van der Waals surface area contributed by atoms with Crippen LogP contribution in [0.5, 0.6) is 5.75 Å². The molecule has 0 saturated heterocycles. The maximum Gasteiger partial charge on any atom is 0.183 e. The van der Waals surface area contributed by atoms with Crippen molar-refractivity contribution < 1.29 is 13.5 Å². The number of benzene rings is 2. The lowest BCUT2D eigenvalue weighted by Gasteiger charge is -2.07. The molecule has 0 unspecified atom stereocenters. The quantitative estimate of drug-likeness (QED) is 0.777. The minimum Gasteiger partial charge on any atom is -0.494 e. The van der Waals surface area contributed by atoms with Crippen molar-refractivity contribution >= 4 is 11.6 Å². The molecule has 0 heterocycles. The van der Waals surface area contributed by atoms with Crippen LogP contribution in [0.25, 0.3) is 11.1 Å². The lowest BCUT2D eigenvalue weighted by Crippen LogP contribution is -1.90. The van der Waals surface area contributed by atoms with Gasteiger partial charge in [0.25, 0.3) is 0 Å². The Morgan fingerprint density at radius 3 is 2.24 bits per heavy atom. The van der Waals surface area contributed by atoms with Crippen molar-refractivity contribution in [2.24, 2.45) is 0 Å². The van der Waals surface area contributed by atoms with E-state index >= 15 is 0 Å². The van der Waals surface area contributed by atoms with E-state index in [1.807, 2.05) is 0 Å². The molecule has 0 bridgehead atoms. The highest BCUT2D eigenvalue weighted by Crippen LogP contribution is 2.31. The van der Waals surface area contributed by atoms with Crippen LogP contribution in [0.15, 0.2) is 36.4 Å². The van der Waals surface area contributed by atoms with Gasteiger partial charge < -0.3 is 4.74 Å². The molecule has 0 spiro atoms. The van der Waals surface area contributed by atoms with Crippen LogP contribution in [0.4, 0.5) is 8.78 Å². The van der Waals surface area contributed by atoms with Gasteiger partial charge in [-0.3, -0.25) is 0 Å². The maximum atomic E-state index is 13.4.